The molecule has 6 nitrogen and oxygen atoms in total. The molecule has 0 saturated carbocycles. The van der Waals surface area contributed by atoms with Crippen molar-refractivity contribution in [3.63, 3.8) is 0 Å². The third-order valence-electron chi connectivity index (χ3n) is 5.08. The highest BCUT2D eigenvalue weighted by molar-refractivity contribution is 9.10. The third-order valence-corrected chi connectivity index (χ3v) is 5.46. The lowest BCUT2D eigenvalue weighted by Crippen LogP contribution is -2.41. The maximum Gasteiger partial charge on any atom is 0.410 e. The standard InChI is InChI=1S/C22H28BrN3O3/c1-22(2,3)29-21(28)26-11-9-17(10-12-26)16-7-5-15(6-8-16)13-18-20(27)25(4)14-19(23)24-18/h5-8,14,17H,9-13H2,1-4H3. The van der Waals surface area contributed by atoms with Gasteiger partial charge in [-0.15, -0.1) is 0 Å². The predicted molar refractivity (Wildman–Crippen MR) is 116 cm³/mol. The van der Waals surface area contributed by atoms with Crippen LogP contribution >= 0.6 is 15.9 Å². The number of likely N-dealkylation sites (tertiary alicyclic amines) is 1. The summed E-state index contributed by atoms with van der Waals surface area (Å²) in [5.41, 5.74) is 2.32. The summed E-state index contributed by atoms with van der Waals surface area (Å²) in [7, 11) is 1.73. The normalized spacial score (nSPS) is 15.4. The molecular weight excluding hydrogens is 434 g/mol. The lowest BCUT2D eigenvalue weighted by Gasteiger charge is -2.33. The average molecular weight is 462 g/mol. The van der Waals surface area contributed by atoms with Crippen LogP contribution in [-0.4, -0.2) is 39.2 Å². The fourth-order valence-electron chi connectivity index (χ4n) is 3.57. The molecule has 1 fully saturated rings. The van der Waals surface area contributed by atoms with Crippen molar-refractivity contribution in [3.05, 3.63) is 62.2 Å². The number of hydrogen-bond donors (Lipinski definition) is 0. The molecule has 1 amide bonds. The molecule has 1 aliphatic heterocycles. The first kappa shape index (κ1) is 21.6. The molecule has 7 heteroatoms. The van der Waals surface area contributed by atoms with Crippen LogP contribution in [0.4, 0.5) is 4.79 Å². The molecule has 0 spiro atoms. The number of ether oxygens (including phenoxy) is 1. The maximum atomic E-state index is 12.2. The van der Waals surface area contributed by atoms with Gasteiger partial charge in [-0.2, -0.15) is 0 Å². The Labute approximate surface area is 180 Å². The molecule has 156 valence electrons. The summed E-state index contributed by atoms with van der Waals surface area (Å²) < 4.78 is 7.66. The zero-order chi connectivity index (χ0) is 21.2. The average Bonchev–Trinajstić information content (AvgIpc) is 2.65. The number of nitrogens with zero attached hydrogens (tertiary/aromatic N) is 3. The lowest BCUT2D eigenvalue weighted by atomic mass is 9.89. The number of carbonyl (C=O) groups is 1. The van der Waals surface area contributed by atoms with Gasteiger partial charge < -0.3 is 14.2 Å². The molecule has 29 heavy (non-hydrogen) atoms. The number of rotatable bonds is 3. The van der Waals surface area contributed by atoms with Gasteiger partial charge in [0.05, 0.1) is 0 Å². The highest BCUT2D eigenvalue weighted by atomic mass is 79.9. The number of halogens is 1. The first-order valence-corrected chi connectivity index (χ1v) is 10.7. The molecule has 0 unspecified atom stereocenters. The zero-order valence-electron chi connectivity index (χ0n) is 17.4. The van der Waals surface area contributed by atoms with E-state index in [2.05, 4.69) is 45.2 Å². The Kier molecular flexibility index (Phi) is 6.46. The molecule has 0 atom stereocenters. The van der Waals surface area contributed by atoms with Crippen molar-refractivity contribution in [2.45, 2.75) is 51.6 Å². The van der Waals surface area contributed by atoms with Gasteiger partial charge in [0, 0.05) is 32.8 Å². The van der Waals surface area contributed by atoms with Gasteiger partial charge in [-0.1, -0.05) is 24.3 Å². The van der Waals surface area contributed by atoms with Crippen LogP contribution in [0.5, 0.6) is 0 Å². The van der Waals surface area contributed by atoms with Gasteiger partial charge in [0.1, 0.15) is 15.9 Å². The van der Waals surface area contributed by atoms with Crippen LogP contribution in [0, 0.1) is 0 Å². The van der Waals surface area contributed by atoms with Crippen molar-refractivity contribution >= 4 is 22.0 Å². The number of aryl methyl sites for hydroxylation is 1. The smallest absolute Gasteiger partial charge is 0.410 e. The minimum atomic E-state index is -0.464. The minimum Gasteiger partial charge on any atom is -0.444 e. The van der Waals surface area contributed by atoms with Crippen LogP contribution in [0.15, 0.2) is 39.9 Å². The monoisotopic (exact) mass is 461 g/mol. The van der Waals surface area contributed by atoms with Gasteiger partial charge >= 0.3 is 6.09 Å². The fraction of sp³-hybridized carbons (Fsp3) is 0.500. The summed E-state index contributed by atoms with van der Waals surface area (Å²) in [5, 5.41) is 0. The van der Waals surface area contributed by atoms with Crippen molar-refractivity contribution in [3.8, 4) is 0 Å². The van der Waals surface area contributed by atoms with E-state index in [0.717, 1.165) is 18.4 Å². The fourth-order valence-corrected chi connectivity index (χ4v) is 4.09. The molecule has 0 bridgehead atoms. The second kappa shape index (κ2) is 8.69. The van der Waals surface area contributed by atoms with Crippen molar-refractivity contribution in [1.82, 2.24) is 14.5 Å². The number of aromatic nitrogens is 2. The van der Waals surface area contributed by atoms with Gasteiger partial charge in [-0.3, -0.25) is 4.79 Å². The van der Waals surface area contributed by atoms with Gasteiger partial charge in [0.25, 0.3) is 5.56 Å². The van der Waals surface area contributed by atoms with E-state index in [4.69, 9.17) is 4.74 Å². The van der Waals surface area contributed by atoms with Crippen LogP contribution in [0.2, 0.25) is 0 Å². The van der Waals surface area contributed by atoms with E-state index in [1.165, 1.54) is 5.56 Å². The van der Waals surface area contributed by atoms with Crippen molar-refractivity contribution in [2.75, 3.05) is 13.1 Å². The second-order valence-corrected chi connectivity index (χ2v) is 9.40. The van der Waals surface area contributed by atoms with E-state index in [9.17, 15) is 9.59 Å². The quantitative estimate of drug-likeness (QED) is 0.685. The molecule has 1 saturated heterocycles. The molecule has 3 rings (SSSR count). The minimum absolute atomic E-state index is 0.0770. The first-order valence-electron chi connectivity index (χ1n) is 9.91. The predicted octanol–water partition coefficient (Wildman–Crippen LogP) is 4.25. The summed E-state index contributed by atoms with van der Waals surface area (Å²) in [6.07, 6.45) is 3.79. The highest BCUT2D eigenvalue weighted by Crippen LogP contribution is 2.29. The van der Waals surface area contributed by atoms with E-state index in [1.807, 2.05) is 20.8 Å². The molecule has 1 aromatic carbocycles. The number of amides is 1. The number of benzene rings is 1. The lowest BCUT2D eigenvalue weighted by molar-refractivity contribution is 0.0205. The summed E-state index contributed by atoms with van der Waals surface area (Å²) >= 11 is 3.35. The molecule has 2 heterocycles. The Bertz CT molecular complexity index is 924. The van der Waals surface area contributed by atoms with E-state index >= 15 is 0 Å². The van der Waals surface area contributed by atoms with Crippen molar-refractivity contribution in [1.29, 1.82) is 0 Å². The maximum absolute atomic E-state index is 12.2. The Morgan fingerprint density at radius 3 is 2.41 bits per heavy atom. The summed E-state index contributed by atoms with van der Waals surface area (Å²) in [4.78, 5) is 30.6. The molecule has 0 aliphatic carbocycles. The summed E-state index contributed by atoms with van der Waals surface area (Å²) in [6.45, 7) is 7.08. The van der Waals surface area contributed by atoms with E-state index in [0.29, 0.717) is 35.7 Å². The molecule has 0 N–H and O–H groups in total. The van der Waals surface area contributed by atoms with Gasteiger partial charge in [0.2, 0.25) is 0 Å². The molecule has 0 radical (unpaired) electrons. The molecule has 2 aromatic rings. The number of carbonyl (C=O) groups excluding carboxylic acids is 1. The molecule has 1 aliphatic rings. The Balaban J connectivity index is 1.60. The molecule has 1 aromatic heterocycles. The van der Waals surface area contributed by atoms with Crippen LogP contribution in [0.1, 0.15) is 56.4 Å². The third kappa shape index (κ3) is 5.69. The van der Waals surface area contributed by atoms with Crippen LogP contribution in [-0.2, 0) is 18.2 Å². The molecular formula is C22H28BrN3O3. The number of hydrogen-bond acceptors (Lipinski definition) is 4. The Hall–Kier alpha value is -2.15. The van der Waals surface area contributed by atoms with Gasteiger partial charge in [0.15, 0.2) is 0 Å². The SMILES string of the molecule is Cn1cc(Br)nc(Cc2ccc(C3CCN(C(=O)OC(C)(C)C)CC3)cc2)c1=O. The highest BCUT2D eigenvalue weighted by Gasteiger charge is 2.27. The van der Waals surface area contributed by atoms with Crippen LogP contribution in [0.25, 0.3) is 0 Å². The topological polar surface area (TPSA) is 64.4 Å². The Morgan fingerprint density at radius 2 is 1.83 bits per heavy atom. The summed E-state index contributed by atoms with van der Waals surface area (Å²) in [5.74, 6) is 0.430. The van der Waals surface area contributed by atoms with E-state index in [-0.39, 0.29) is 11.7 Å². The van der Waals surface area contributed by atoms with Gasteiger partial charge in [-0.25, -0.2) is 9.78 Å². The largest absolute Gasteiger partial charge is 0.444 e. The zero-order valence-corrected chi connectivity index (χ0v) is 19.0. The van der Waals surface area contributed by atoms with E-state index < -0.39 is 5.60 Å². The first-order chi connectivity index (χ1) is 13.6. The van der Waals surface area contributed by atoms with Crippen LogP contribution < -0.4 is 5.56 Å². The van der Waals surface area contributed by atoms with Crippen LogP contribution in [0.3, 0.4) is 0 Å². The van der Waals surface area contributed by atoms with E-state index in [1.54, 1.807) is 22.7 Å². The van der Waals surface area contributed by atoms with Gasteiger partial charge in [-0.05, 0) is 66.6 Å². The Morgan fingerprint density at radius 1 is 1.21 bits per heavy atom. The van der Waals surface area contributed by atoms with Crippen molar-refractivity contribution < 1.29 is 9.53 Å². The second-order valence-electron chi connectivity index (χ2n) is 8.59. The van der Waals surface area contributed by atoms with Crippen molar-refractivity contribution in [2.24, 2.45) is 7.05 Å². The summed E-state index contributed by atoms with van der Waals surface area (Å²) in [6, 6.07) is 8.40. The number of piperidine rings is 1.